The van der Waals surface area contributed by atoms with Gasteiger partial charge in [0, 0.05) is 11.4 Å². The summed E-state index contributed by atoms with van der Waals surface area (Å²) in [5.41, 5.74) is 0. The predicted molar refractivity (Wildman–Crippen MR) is 49.2 cm³/mol. The monoisotopic (exact) mass is 216 g/mol. The number of rotatable bonds is 2. The van der Waals surface area contributed by atoms with Crippen molar-refractivity contribution in [1.29, 1.82) is 0 Å². The zero-order valence-electron chi connectivity index (χ0n) is 6.65. The lowest BCUT2D eigenvalue weighted by Gasteiger charge is -1.88. The summed E-state index contributed by atoms with van der Waals surface area (Å²) < 4.78 is 9.88. The van der Waals surface area contributed by atoms with Crippen LogP contribution >= 0.6 is 22.9 Å². The van der Waals surface area contributed by atoms with E-state index in [4.69, 9.17) is 20.9 Å². The molecule has 0 bridgehead atoms. The molecule has 4 nitrogen and oxygen atoms in total. The van der Waals surface area contributed by atoms with Crippen LogP contribution in [0.25, 0.3) is 10.8 Å². The smallest absolute Gasteiger partial charge is 0.269 e. The molecule has 0 aliphatic heterocycles. The van der Waals surface area contributed by atoms with Crippen LogP contribution in [-0.4, -0.2) is 17.3 Å². The third-order valence-corrected chi connectivity index (χ3v) is 2.47. The normalized spacial score (nSPS) is 10.3. The summed E-state index contributed by atoms with van der Waals surface area (Å²) in [6.45, 7) is 0. The van der Waals surface area contributed by atoms with Crippen molar-refractivity contribution >= 4 is 22.9 Å². The Hall–Kier alpha value is -1.07. The highest BCUT2D eigenvalue weighted by Crippen LogP contribution is 2.29. The molecule has 0 saturated heterocycles. The fraction of sp³-hybridized carbons (Fsp3) is 0.143. The summed E-state index contributed by atoms with van der Waals surface area (Å²) >= 11 is 6.97. The highest BCUT2D eigenvalue weighted by molar-refractivity contribution is 7.13. The van der Waals surface area contributed by atoms with Gasteiger partial charge >= 0.3 is 0 Å². The van der Waals surface area contributed by atoms with Gasteiger partial charge in [-0.25, -0.2) is 0 Å². The van der Waals surface area contributed by atoms with Gasteiger partial charge in [-0.05, 0) is 16.8 Å². The summed E-state index contributed by atoms with van der Waals surface area (Å²) in [5.74, 6) is 1.19. The van der Waals surface area contributed by atoms with Crippen molar-refractivity contribution in [2.45, 2.75) is 0 Å². The molecule has 2 heterocycles. The molecule has 0 N–H and O–H groups in total. The van der Waals surface area contributed by atoms with Crippen molar-refractivity contribution in [3.63, 3.8) is 0 Å². The average Bonchev–Trinajstić information content (AvgIpc) is 2.71. The minimum Gasteiger partial charge on any atom is -0.496 e. The Morgan fingerprint density at radius 2 is 2.46 bits per heavy atom. The molecule has 0 radical (unpaired) electrons. The molecule has 2 aromatic rings. The molecule has 0 fully saturated rings. The van der Waals surface area contributed by atoms with Crippen LogP contribution in [0.4, 0.5) is 0 Å². The maximum atomic E-state index is 5.51. The predicted octanol–water partition coefficient (Wildman–Crippen LogP) is 2.46. The standard InChI is InChI=1S/C7H5ClN2O2S/c1-11-4-2-5(13-3-4)6-9-7(8)10-12-6/h2-3H,1H3. The highest BCUT2D eigenvalue weighted by atomic mass is 35.5. The van der Waals surface area contributed by atoms with E-state index < -0.39 is 0 Å². The van der Waals surface area contributed by atoms with E-state index in [1.54, 1.807) is 7.11 Å². The molecule has 0 aliphatic rings. The molecule has 0 aliphatic carbocycles. The summed E-state index contributed by atoms with van der Waals surface area (Å²) in [6, 6.07) is 1.81. The molecule has 2 rings (SSSR count). The zero-order chi connectivity index (χ0) is 9.26. The molecule has 13 heavy (non-hydrogen) atoms. The summed E-state index contributed by atoms with van der Waals surface area (Å²) in [6.07, 6.45) is 0. The molecule has 0 amide bonds. The first kappa shape index (κ1) is 8.52. The van der Waals surface area contributed by atoms with Crippen LogP contribution in [-0.2, 0) is 0 Å². The maximum absolute atomic E-state index is 5.51. The number of thiophene rings is 1. The van der Waals surface area contributed by atoms with E-state index in [2.05, 4.69) is 10.1 Å². The van der Waals surface area contributed by atoms with E-state index in [9.17, 15) is 0 Å². The Bertz CT molecular complexity index is 412. The minimum absolute atomic E-state index is 0.113. The second kappa shape index (κ2) is 3.35. The molecular formula is C7H5ClN2O2S. The highest BCUT2D eigenvalue weighted by Gasteiger charge is 2.09. The van der Waals surface area contributed by atoms with Crippen molar-refractivity contribution in [3.05, 3.63) is 16.7 Å². The van der Waals surface area contributed by atoms with Crippen molar-refractivity contribution < 1.29 is 9.26 Å². The fourth-order valence-corrected chi connectivity index (χ4v) is 1.73. The number of methoxy groups -OCH3 is 1. The van der Waals surface area contributed by atoms with Crippen LogP contribution in [0.3, 0.4) is 0 Å². The number of nitrogens with zero attached hydrogens (tertiary/aromatic N) is 2. The molecule has 0 atom stereocenters. The molecule has 2 aromatic heterocycles. The van der Waals surface area contributed by atoms with E-state index in [1.807, 2.05) is 11.4 Å². The van der Waals surface area contributed by atoms with Crippen LogP contribution in [0.2, 0.25) is 5.28 Å². The lowest BCUT2D eigenvalue weighted by Crippen LogP contribution is -1.76. The summed E-state index contributed by atoms with van der Waals surface area (Å²) in [4.78, 5) is 4.71. The second-order valence-corrected chi connectivity index (χ2v) is 3.47. The van der Waals surface area contributed by atoms with Gasteiger partial charge in [0.05, 0.1) is 12.0 Å². The van der Waals surface area contributed by atoms with Crippen LogP contribution in [0, 0.1) is 0 Å². The lowest BCUT2D eigenvalue weighted by molar-refractivity contribution is 0.415. The quantitative estimate of drug-likeness (QED) is 0.774. The third kappa shape index (κ3) is 1.66. The number of halogens is 1. The Morgan fingerprint density at radius 1 is 1.62 bits per heavy atom. The molecule has 0 aromatic carbocycles. The van der Waals surface area contributed by atoms with Gasteiger partial charge in [-0.1, -0.05) is 0 Å². The zero-order valence-corrected chi connectivity index (χ0v) is 8.22. The van der Waals surface area contributed by atoms with Gasteiger partial charge in [0.15, 0.2) is 0 Å². The van der Waals surface area contributed by atoms with Gasteiger partial charge < -0.3 is 9.26 Å². The van der Waals surface area contributed by atoms with E-state index in [1.165, 1.54) is 11.3 Å². The summed E-state index contributed by atoms with van der Waals surface area (Å²) in [7, 11) is 1.60. The fourth-order valence-electron chi connectivity index (χ4n) is 0.844. The molecule has 68 valence electrons. The topological polar surface area (TPSA) is 48.2 Å². The molecular weight excluding hydrogens is 212 g/mol. The molecule has 0 unspecified atom stereocenters. The molecule has 0 saturated carbocycles. The van der Waals surface area contributed by atoms with Gasteiger partial charge in [-0.3, -0.25) is 0 Å². The Balaban J connectivity index is 2.35. The first-order valence-electron chi connectivity index (χ1n) is 3.41. The minimum atomic E-state index is 0.113. The first-order valence-corrected chi connectivity index (χ1v) is 4.67. The van der Waals surface area contributed by atoms with Crippen LogP contribution < -0.4 is 4.74 Å². The second-order valence-electron chi connectivity index (χ2n) is 2.22. The average molecular weight is 217 g/mol. The van der Waals surface area contributed by atoms with Gasteiger partial charge in [0.1, 0.15) is 5.75 Å². The van der Waals surface area contributed by atoms with E-state index in [-0.39, 0.29) is 5.28 Å². The number of hydrogen-bond acceptors (Lipinski definition) is 5. The SMILES string of the molecule is COc1csc(-c2nc(Cl)no2)c1. The Kier molecular flexibility index (Phi) is 2.20. The van der Waals surface area contributed by atoms with Crippen LogP contribution in [0.5, 0.6) is 5.75 Å². The molecule has 0 spiro atoms. The largest absolute Gasteiger partial charge is 0.496 e. The van der Waals surface area contributed by atoms with Crippen molar-refractivity contribution in [2.75, 3.05) is 7.11 Å². The molecule has 6 heteroatoms. The van der Waals surface area contributed by atoms with Crippen LogP contribution in [0.15, 0.2) is 16.0 Å². The van der Waals surface area contributed by atoms with Crippen LogP contribution in [0.1, 0.15) is 0 Å². The Labute approximate surface area is 83.1 Å². The summed E-state index contributed by atoms with van der Waals surface area (Å²) in [5, 5.41) is 5.44. The van der Waals surface area contributed by atoms with Gasteiger partial charge in [0.2, 0.25) is 0 Å². The van der Waals surface area contributed by atoms with Gasteiger partial charge in [-0.2, -0.15) is 4.98 Å². The van der Waals surface area contributed by atoms with E-state index in [0.717, 1.165) is 10.6 Å². The number of ether oxygens (including phenoxy) is 1. The number of aromatic nitrogens is 2. The van der Waals surface area contributed by atoms with E-state index in [0.29, 0.717) is 5.89 Å². The lowest BCUT2D eigenvalue weighted by atomic mass is 10.4. The van der Waals surface area contributed by atoms with Crippen molar-refractivity contribution in [3.8, 4) is 16.5 Å². The van der Waals surface area contributed by atoms with Gasteiger partial charge in [-0.15, -0.1) is 11.3 Å². The first-order chi connectivity index (χ1) is 6.29. The van der Waals surface area contributed by atoms with Crippen molar-refractivity contribution in [1.82, 2.24) is 10.1 Å². The Morgan fingerprint density at radius 3 is 3.00 bits per heavy atom. The maximum Gasteiger partial charge on any atom is 0.269 e. The number of hydrogen-bond donors (Lipinski definition) is 0. The van der Waals surface area contributed by atoms with Gasteiger partial charge in [0.25, 0.3) is 11.2 Å². The van der Waals surface area contributed by atoms with E-state index >= 15 is 0 Å². The van der Waals surface area contributed by atoms with Crippen molar-refractivity contribution in [2.24, 2.45) is 0 Å². The third-order valence-electron chi connectivity index (χ3n) is 1.42.